The number of hydrogen-bond donors (Lipinski definition) is 0. The molecule has 31 heavy (non-hydrogen) atoms. The van der Waals surface area contributed by atoms with Gasteiger partial charge in [0, 0.05) is 29.4 Å². The van der Waals surface area contributed by atoms with E-state index in [2.05, 4.69) is 60.6 Å². The Kier molecular flexibility index (Phi) is 5.01. The summed E-state index contributed by atoms with van der Waals surface area (Å²) in [4.78, 5) is 7.35. The number of aromatic nitrogens is 2. The molecule has 1 aliphatic rings. The number of benzene rings is 2. The van der Waals surface area contributed by atoms with E-state index in [1.165, 1.54) is 28.1 Å². The number of nitrogens with zero attached hydrogens (tertiary/aromatic N) is 3. The van der Waals surface area contributed by atoms with Gasteiger partial charge in [0.1, 0.15) is 5.82 Å². The predicted molar refractivity (Wildman–Crippen MR) is 125 cm³/mol. The van der Waals surface area contributed by atoms with E-state index in [1.54, 1.807) is 6.07 Å². The van der Waals surface area contributed by atoms with Gasteiger partial charge in [-0.2, -0.15) is 0 Å². The summed E-state index contributed by atoms with van der Waals surface area (Å²) >= 11 is 0. The first-order chi connectivity index (χ1) is 15.1. The Morgan fingerprint density at radius 2 is 1.81 bits per heavy atom. The molecule has 0 saturated heterocycles. The Hall–Kier alpha value is -3.14. The lowest BCUT2D eigenvalue weighted by Gasteiger charge is -2.38. The molecule has 1 unspecified atom stereocenters. The second kappa shape index (κ2) is 7.84. The van der Waals surface area contributed by atoms with Gasteiger partial charge in [-0.25, -0.2) is 9.37 Å². The molecule has 0 N–H and O–H groups in total. The minimum atomic E-state index is -0.162. The standard InChI is InChI=1S/C27H28FN3/c1-4-25-23-11-7-5-9-20(23)14-16-30(25)27-26-22(13-15-29-27)18(2)19(3)31(26)17-21-10-6-8-12-24(21)28/h5-13,15,25H,4,14,16-17H2,1-3H3. The molecule has 0 fully saturated rings. The number of aryl methyl sites for hydroxylation is 1. The molecule has 0 radical (unpaired) electrons. The van der Waals surface area contributed by atoms with Crippen LogP contribution in [0, 0.1) is 19.7 Å². The van der Waals surface area contributed by atoms with Crippen LogP contribution in [0.1, 0.15) is 47.3 Å². The molecule has 3 heterocycles. The van der Waals surface area contributed by atoms with Crippen LogP contribution in [0.3, 0.4) is 0 Å². The zero-order chi connectivity index (χ0) is 21.5. The molecule has 158 valence electrons. The highest BCUT2D eigenvalue weighted by atomic mass is 19.1. The van der Waals surface area contributed by atoms with Gasteiger partial charge in [0.2, 0.25) is 0 Å². The molecule has 2 aromatic carbocycles. The third kappa shape index (κ3) is 3.21. The molecule has 5 rings (SSSR count). The summed E-state index contributed by atoms with van der Waals surface area (Å²) in [5, 5.41) is 1.20. The normalized spacial score (nSPS) is 16.0. The number of halogens is 1. The van der Waals surface area contributed by atoms with Crippen LogP contribution in [0.2, 0.25) is 0 Å². The Balaban J connectivity index is 1.68. The smallest absolute Gasteiger partial charge is 0.153 e. The van der Waals surface area contributed by atoms with Crippen molar-refractivity contribution in [3.8, 4) is 0 Å². The van der Waals surface area contributed by atoms with Crippen molar-refractivity contribution in [3.05, 3.63) is 94.6 Å². The fourth-order valence-corrected chi connectivity index (χ4v) is 5.13. The van der Waals surface area contributed by atoms with E-state index in [4.69, 9.17) is 4.98 Å². The predicted octanol–water partition coefficient (Wildman–Crippen LogP) is 6.35. The quantitative estimate of drug-likeness (QED) is 0.388. The van der Waals surface area contributed by atoms with E-state index in [0.29, 0.717) is 18.2 Å². The fourth-order valence-electron chi connectivity index (χ4n) is 5.13. The van der Waals surface area contributed by atoms with Gasteiger partial charge < -0.3 is 9.47 Å². The van der Waals surface area contributed by atoms with Crippen LogP contribution in [-0.2, 0) is 13.0 Å². The molecule has 2 aromatic heterocycles. The van der Waals surface area contributed by atoms with Gasteiger partial charge >= 0.3 is 0 Å². The Bertz CT molecular complexity index is 1260. The maximum absolute atomic E-state index is 14.5. The first-order valence-corrected chi connectivity index (χ1v) is 11.1. The van der Waals surface area contributed by atoms with Gasteiger partial charge in [0.25, 0.3) is 0 Å². The van der Waals surface area contributed by atoms with E-state index < -0.39 is 0 Å². The highest BCUT2D eigenvalue weighted by Crippen LogP contribution is 2.39. The second-order valence-corrected chi connectivity index (χ2v) is 8.48. The monoisotopic (exact) mass is 413 g/mol. The van der Waals surface area contributed by atoms with Gasteiger partial charge in [-0.15, -0.1) is 0 Å². The molecule has 0 bridgehead atoms. The molecule has 3 nitrogen and oxygen atoms in total. The van der Waals surface area contributed by atoms with E-state index in [9.17, 15) is 4.39 Å². The van der Waals surface area contributed by atoms with Gasteiger partial charge in [0.05, 0.1) is 18.1 Å². The van der Waals surface area contributed by atoms with Crippen molar-refractivity contribution in [1.29, 1.82) is 0 Å². The zero-order valence-electron chi connectivity index (χ0n) is 18.4. The number of rotatable bonds is 4. The Labute approximate surface area is 183 Å². The Morgan fingerprint density at radius 3 is 2.61 bits per heavy atom. The van der Waals surface area contributed by atoms with Gasteiger partial charge in [-0.3, -0.25) is 0 Å². The molecule has 0 aliphatic carbocycles. The number of pyridine rings is 1. The molecular formula is C27H28FN3. The van der Waals surface area contributed by atoms with Crippen LogP contribution in [-0.4, -0.2) is 16.1 Å². The van der Waals surface area contributed by atoms with Gasteiger partial charge in [-0.1, -0.05) is 49.4 Å². The maximum Gasteiger partial charge on any atom is 0.153 e. The summed E-state index contributed by atoms with van der Waals surface area (Å²) in [5.74, 6) is 0.844. The Morgan fingerprint density at radius 1 is 1.03 bits per heavy atom. The van der Waals surface area contributed by atoms with E-state index in [1.807, 2.05) is 18.3 Å². The lowest BCUT2D eigenvalue weighted by atomic mass is 9.91. The van der Waals surface area contributed by atoms with Gasteiger partial charge in [0.15, 0.2) is 5.82 Å². The van der Waals surface area contributed by atoms with Crippen LogP contribution < -0.4 is 4.90 Å². The largest absolute Gasteiger partial charge is 0.347 e. The molecule has 4 aromatic rings. The summed E-state index contributed by atoms with van der Waals surface area (Å²) in [6.07, 6.45) is 3.95. The number of hydrogen-bond acceptors (Lipinski definition) is 2. The molecule has 4 heteroatoms. The summed E-state index contributed by atoms with van der Waals surface area (Å²) in [6, 6.07) is 18.2. The SMILES string of the molecule is CCC1c2ccccc2CCN1c1nccc2c(C)c(C)n(Cc3ccccc3F)c12. The molecule has 0 amide bonds. The topological polar surface area (TPSA) is 21.1 Å². The third-order valence-electron chi connectivity index (χ3n) is 6.88. The number of fused-ring (bicyclic) bond motifs is 2. The van der Waals surface area contributed by atoms with Crippen LogP contribution in [0.4, 0.5) is 10.2 Å². The second-order valence-electron chi connectivity index (χ2n) is 8.48. The van der Waals surface area contributed by atoms with Crippen molar-refractivity contribution in [3.63, 3.8) is 0 Å². The summed E-state index contributed by atoms with van der Waals surface area (Å²) < 4.78 is 16.8. The van der Waals surface area contributed by atoms with Crippen LogP contribution in [0.5, 0.6) is 0 Å². The highest BCUT2D eigenvalue weighted by Gasteiger charge is 2.29. The molecular weight excluding hydrogens is 385 g/mol. The maximum atomic E-state index is 14.5. The fraction of sp³-hybridized carbons (Fsp3) is 0.296. The van der Waals surface area contributed by atoms with Crippen molar-refractivity contribution in [2.45, 2.75) is 46.2 Å². The minimum absolute atomic E-state index is 0.162. The first kappa shape index (κ1) is 19.8. The highest BCUT2D eigenvalue weighted by molar-refractivity contribution is 5.94. The van der Waals surface area contributed by atoms with E-state index in [0.717, 1.165) is 36.4 Å². The van der Waals surface area contributed by atoms with Crippen molar-refractivity contribution in [2.24, 2.45) is 0 Å². The lowest BCUT2D eigenvalue weighted by Crippen LogP contribution is -2.36. The van der Waals surface area contributed by atoms with Crippen molar-refractivity contribution in [1.82, 2.24) is 9.55 Å². The third-order valence-corrected chi connectivity index (χ3v) is 6.88. The summed E-state index contributed by atoms with van der Waals surface area (Å²) in [5.41, 5.74) is 7.05. The number of anilines is 1. The van der Waals surface area contributed by atoms with Crippen LogP contribution in [0.15, 0.2) is 60.8 Å². The van der Waals surface area contributed by atoms with Crippen molar-refractivity contribution >= 4 is 16.7 Å². The molecule has 1 atom stereocenters. The van der Waals surface area contributed by atoms with Crippen LogP contribution >= 0.6 is 0 Å². The molecule has 0 spiro atoms. The van der Waals surface area contributed by atoms with Crippen molar-refractivity contribution < 1.29 is 4.39 Å². The zero-order valence-corrected chi connectivity index (χ0v) is 18.4. The average Bonchev–Trinajstić information content (AvgIpc) is 3.04. The minimum Gasteiger partial charge on any atom is -0.347 e. The van der Waals surface area contributed by atoms with Crippen molar-refractivity contribution in [2.75, 3.05) is 11.4 Å². The average molecular weight is 414 g/mol. The summed E-state index contributed by atoms with van der Waals surface area (Å²) in [6.45, 7) is 7.97. The van der Waals surface area contributed by atoms with E-state index in [-0.39, 0.29) is 5.82 Å². The van der Waals surface area contributed by atoms with E-state index >= 15 is 0 Å². The van der Waals surface area contributed by atoms with Crippen LogP contribution in [0.25, 0.3) is 10.9 Å². The summed E-state index contributed by atoms with van der Waals surface area (Å²) in [7, 11) is 0. The molecule has 0 saturated carbocycles. The lowest BCUT2D eigenvalue weighted by molar-refractivity contribution is 0.562. The van der Waals surface area contributed by atoms with Gasteiger partial charge in [-0.05, 0) is 55.5 Å². The first-order valence-electron chi connectivity index (χ1n) is 11.1. The molecule has 1 aliphatic heterocycles.